The van der Waals surface area contributed by atoms with Crippen LogP contribution in [0.3, 0.4) is 0 Å². The number of hydrogen-bond donors (Lipinski definition) is 1. The van der Waals surface area contributed by atoms with Crippen molar-refractivity contribution in [3.63, 3.8) is 0 Å². The van der Waals surface area contributed by atoms with Crippen LogP contribution in [0, 0.1) is 0 Å². The first-order valence-electron chi connectivity index (χ1n) is 9.64. The summed E-state index contributed by atoms with van der Waals surface area (Å²) in [5.74, 6) is -1.06. The smallest absolute Gasteiger partial charge is 0.408 e. The fourth-order valence-corrected chi connectivity index (χ4v) is 3.64. The Morgan fingerprint density at radius 3 is 2.30 bits per heavy atom. The van der Waals surface area contributed by atoms with E-state index in [4.69, 9.17) is 4.74 Å². The highest BCUT2D eigenvalue weighted by Crippen LogP contribution is 2.30. The lowest BCUT2D eigenvalue weighted by Gasteiger charge is -2.47. The van der Waals surface area contributed by atoms with Crippen molar-refractivity contribution in [1.29, 1.82) is 0 Å². The van der Waals surface area contributed by atoms with Crippen molar-refractivity contribution in [2.24, 2.45) is 0 Å². The normalized spacial score (nSPS) is 18.9. The van der Waals surface area contributed by atoms with Crippen LogP contribution in [0.25, 0.3) is 0 Å². The number of rotatable bonds is 7. The van der Waals surface area contributed by atoms with E-state index in [9.17, 15) is 19.5 Å². The Kier molecular flexibility index (Phi) is 6.64. The number of piperazine rings is 1. The Morgan fingerprint density at radius 1 is 1.07 bits per heavy atom. The Bertz CT molecular complexity index is 916. The second kappa shape index (κ2) is 9.37. The van der Waals surface area contributed by atoms with Crippen molar-refractivity contribution in [1.82, 2.24) is 9.80 Å². The molecular weight excluding hydrogens is 384 g/mol. The molecule has 0 aliphatic carbocycles. The van der Waals surface area contributed by atoms with Crippen molar-refractivity contribution in [3.05, 3.63) is 84.4 Å². The van der Waals surface area contributed by atoms with Gasteiger partial charge in [-0.1, -0.05) is 54.6 Å². The van der Waals surface area contributed by atoms with Crippen LogP contribution < -0.4 is 0 Å². The quantitative estimate of drug-likeness (QED) is 0.562. The van der Waals surface area contributed by atoms with Gasteiger partial charge < -0.3 is 9.84 Å². The maximum absolute atomic E-state index is 13.5. The van der Waals surface area contributed by atoms with E-state index in [1.54, 1.807) is 30.3 Å². The van der Waals surface area contributed by atoms with Gasteiger partial charge in [-0.3, -0.25) is 19.4 Å². The SMILES string of the molecule is C=CCC1(COCc2ccccc2)C(=O)N(C(=O)c2ccccc2)CCN1C(=O)O. The van der Waals surface area contributed by atoms with Crippen molar-refractivity contribution in [2.45, 2.75) is 18.6 Å². The molecule has 1 N–H and O–H groups in total. The number of carboxylic acid groups (broad SMARTS) is 1. The average Bonchev–Trinajstić information content (AvgIpc) is 2.76. The van der Waals surface area contributed by atoms with Crippen molar-refractivity contribution in [3.8, 4) is 0 Å². The van der Waals surface area contributed by atoms with Crippen LogP contribution in [0.5, 0.6) is 0 Å². The van der Waals surface area contributed by atoms with Crippen LogP contribution >= 0.6 is 0 Å². The van der Waals surface area contributed by atoms with Gasteiger partial charge in [0.05, 0.1) is 13.2 Å². The molecular formula is C23H24N2O5. The van der Waals surface area contributed by atoms with Crippen LogP contribution in [0.2, 0.25) is 0 Å². The Balaban J connectivity index is 1.88. The summed E-state index contributed by atoms with van der Waals surface area (Å²) in [7, 11) is 0. The number of carbonyl (C=O) groups is 3. The van der Waals surface area contributed by atoms with Crippen molar-refractivity contribution in [2.75, 3.05) is 19.7 Å². The number of benzene rings is 2. The molecule has 1 aliphatic heterocycles. The zero-order valence-electron chi connectivity index (χ0n) is 16.6. The summed E-state index contributed by atoms with van der Waals surface area (Å²) in [5, 5.41) is 9.76. The van der Waals surface area contributed by atoms with Crippen LogP contribution in [0.4, 0.5) is 4.79 Å². The Hall–Kier alpha value is -3.45. The number of ether oxygens (including phenoxy) is 1. The minimum absolute atomic E-state index is 0.00217. The van der Waals surface area contributed by atoms with Gasteiger partial charge in [0.15, 0.2) is 5.54 Å². The fraction of sp³-hybridized carbons (Fsp3) is 0.261. The molecule has 156 valence electrons. The fourth-order valence-electron chi connectivity index (χ4n) is 3.64. The number of amides is 3. The molecule has 1 heterocycles. The van der Waals surface area contributed by atoms with E-state index in [1.807, 2.05) is 30.3 Å². The third-order valence-corrected chi connectivity index (χ3v) is 5.14. The summed E-state index contributed by atoms with van der Waals surface area (Å²) in [4.78, 5) is 40.6. The number of hydrogen-bond acceptors (Lipinski definition) is 4. The first-order valence-corrected chi connectivity index (χ1v) is 9.64. The predicted molar refractivity (Wildman–Crippen MR) is 111 cm³/mol. The molecule has 1 saturated heterocycles. The zero-order chi connectivity index (χ0) is 21.6. The van der Waals surface area contributed by atoms with E-state index < -0.39 is 23.4 Å². The summed E-state index contributed by atoms with van der Waals surface area (Å²) in [6.45, 7) is 3.71. The second-order valence-corrected chi connectivity index (χ2v) is 7.06. The van der Waals surface area contributed by atoms with Gasteiger partial charge in [0.2, 0.25) is 0 Å². The van der Waals surface area contributed by atoms with Crippen molar-refractivity contribution < 1.29 is 24.2 Å². The minimum Gasteiger partial charge on any atom is -0.465 e. The molecule has 1 aliphatic rings. The molecule has 0 bridgehead atoms. The summed E-state index contributed by atoms with van der Waals surface area (Å²) in [6.07, 6.45) is 0.280. The largest absolute Gasteiger partial charge is 0.465 e. The molecule has 3 rings (SSSR count). The molecule has 0 spiro atoms. The number of imide groups is 1. The topological polar surface area (TPSA) is 87.2 Å². The lowest BCUT2D eigenvalue weighted by molar-refractivity contribution is -0.151. The van der Waals surface area contributed by atoms with Crippen LogP contribution in [-0.2, 0) is 16.1 Å². The van der Waals surface area contributed by atoms with Gasteiger partial charge in [-0.25, -0.2) is 4.79 Å². The first-order chi connectivity index (χ1) is 14.5. The van der Waals surface area contributed by atoms with Crippen LogP contribution in [-0.4, -0.2) is 58.0 Å². The third-order valence-electron chi connectivity index (χ3n) is 5.14. The lowest BCUT2D eigenvalue weighted by atomic mass is 9.89. The van der Waals surface area contributed by atoms with Gasteiger partial charge in [-0.2, -0.15) is 0 Å². The average molecular weight is 408 g/mol. The van der Waals surface area contributed by atoms with E-state index in [2.05, 4.69) is 6.58 Å². The monoisotopic (exact) mass is 408 g/mol. The lowest BCUT2D eigenvalue weighted by Crippen LogP contribution is -2.69. The number of nitrogens with zero attached hydrogens (tertiary/aromatic N) is 2. The molecule has 1 atom stereocenters. The van der Waals surface area contributed by atoms with E-state index in [-0.39, 0.29) is 32.7 Å². The summed E-state index contributed by atoms with van der Waals surface area (Å²) < 4.78 is 5.79. The highest BCUT2D eigenvalue weighted by atomic mass is 16.5. The molecule has 0 saturated carbocycles. The van der Waals surface area contributed by atoms with Gasteiger partial charge in [0.25, 0.3) is 11.8 Å². The van der Waals surface area contributed by atoms with Crippen molar-refractivity contribution >= 4 is 17.9 Å². The Morgan fingerprint density at radius 2 is 1.70 bits per heavy atom. The maximum atomic E-state index is 13.5. The summed E-state index contributed by atoms with van der Waals surface area (Å²) in [5.41, 5.74) is -0.286. The van der Waals surface area contributed by atoms with Crippen LogP contribution in [0.1, 0.15) is 22.3 Å². The molecule has 2 aromatic carbocycles. The molecule has 0 radical (unpaired) electrons. The molecule has 2 aromatic rings. The molecule has 7 heteroatoms. The van der Waals surface area contributed by atoms with Gasteiger partial charge in [-0.15, -0.1) is 6.58 Å². The highest BCUT2D eigenvalue weighted by molar-refractivity contribution is 6.08. The molecule has 1 unspecified atom stereocenters. The first kappa shape index (κ1) is 21.3. The zero-order valence-corrected chi connectivity index (χ0v) is 16.6. The number of carbonyl (C=O) groups excluding carboxylic acids is 2. The molecule has 0 aromatic heterocycles. The molecule has 1 fully saturated rings. The van der Waals surface area contributed by atoms with Gasteiger partial charge >= 0.3 is 6.09 Å². The predicted octanol–water partition coefficient (Wildman–Crippen LogP) is 3.18. The van der Waals surface area contributed by atoms with Gasteiger partial charge in [-0.05, 0) is 24.1 Å². The van der Waals surface area contributed by atoms with Gasteiger partial charge in [0.1, 0.15) is 0 Å². The maximum Gasteiger partial charge on any atom is 0.408 e. The highest BCUT2D eigenvalue weighted by Gasteiger charge is 2.52. The van der Waals surface area contributed by atoms with E-state index in [1.165, 1.54) is 6.08 Å². The molecule has 30 heavy (non-hydrogen) atoms. The molecule has 3 amide bonds. The standard InChI is InChI=1S/C23H24N2O5/c1-2-13-23(17-30-16-18-9-5-3-6-10-18)21(27)24(14-15-25(23)22(28)29)20(26)19-11-7-4-8-12-19/h2-12H,1,13-17H2,(H,28,29). The Labute approximate surface area is 175 Å². The van der Waals surface area contributed by atoms with Gasteiger partial charge in [0, 0.05) is 18.7 Å². The van der Waals surface area contributed by atoms with E-state index in [0.717, 1.165) is 15.4 Å². The van der Waals surface area contributed by atoms with E-state index >= 15 is 0 Å². The summed E-state index contributed by atoms with van der Waals surface area (Å²) in [6, 6.07) is 17.8. The summed E-state index contributed by atoms with van der Waals surface area (Å²) >= 11 is 0. The van der Waals surface area contributed by atoms with E-state index in [0.29, 0.717) is 5.56 Å². The second-order valence-electron chi connectivity index (χ2n) is 7.06. The minimum atomic E-state index is -1.55. The van der Waals surface area contributed by atoms with Crippen LogP contribution in [0.15, 0.2) is 73.3 Å². The third kappa shape index (κ3) is 4.26. The molecule has 7 nitrogen and oxygen atoms in total.